The Morgan fingerprint density at radius 1 is 1.03 bits per heavy atom. The van der Waals surface area contributed by atoms with Crippen LogP contribution >= 0.6 is 0 Å². The van der Waals surface area contributed by atoms with Gasteiger partial charge in [0.1, 0.15) is 12.4 Å². The van der Waals surface area contributed by atoms with Gasteiger partial charge in [0.05, 0.1) is 20.3 Å². The number of piperidine rings is 1. The molecule has 0 aromatic heterocycles. The van der Waals surface area contributed by atoms with E-state index < -0.39 is 0 Å². The van der Waals surface area contributed by atoms with Crippen LogP contribution < -0.4 is 14.8 Å². The number of likely N-dealkylation sites (tertiary alicyclic amines) is 1. The number of methoxy groups -OCH3 is 2. The van der Waals surface area contributed by atoms with Crippen molar-refractivity contribution in [3.8, 4) is 11.5 Å². The zero-order valence-electron chi connectivity index (χ0n) is 24.3. The lowest BCUT2D eigenvalue weighted by Crippen LogP contribution is -2.31. The third kappa shape index (κ3) is 8.87. The molecule has 0 bridgehead atoms. The van der Waals surface area contributed by atoms with Gasteiger partial charge in [0.25, 0.3) is 0 Å². The van der Waals surface area contributed by atoms with E-state index in [1.54, 1.807) is 14.2 Å². The molecule has 1 unspecified atom stereocenters. The maximum atomic E-state index is 6.14. The Morgan fingerprint density at radius 3 is 2.46 bits per heavy atom. The summed E-state index contributed by atoms with van der Waals surface area (Å²) in [5.74, 6) is 2.23. The van der Waals surface area contributed by atoms with Crippen molar-refractivity contribution in [1.82, 2.24) is 10.2 Å². The number of hydrogen-bond donors (Lipinski definition) is 1. The van der Waals surface area contributed by atoms with Crippen molar-refractivity contribution < 1.29 is 14.2 Å². The van der Waals surface area contributed by atoms with Gasteiger partial charge in [-0.15, -0.1) is 0 Å². The predicted molar refractivity (Wildman–Crippen MR) is 162 cm³/mol. The molecule has 1 N–H and O–H groups in total. The van der Waals surface area contributed by atoms with E-state index in [0.717, 1.165) is 60.8 Å². The van der Waals surface area contributed by atoms with Crippen molar-refractivity contribution in [2.45, 2.75) is 52.2 Å². The molecule has 0 saturated carbocycles. The third-order valence-electron chi connectivity index (χ3n) is 7.07. The van der Waals surface area contributed by atoms with Crippen LogP contribution in [0.2, 0.25) is 0 Å². The fourth-order valence-electron chi connectivity index (χ4n) is 4.97. The van der Waals surface area contributed by atoms with Crippen molar-refractivity contribution in [1.29, 1.82) is 0 Å². The van der Waals surface area contributed by atoms with Crippen molar-refractivity contribution in [2.75, 3.05) is 40.4 Å². The lowest BCUT2D eigenvalue weighted by Gasteiger charge is -2.28. The Labute approximate surface area is 235 Å². The van der Waals surface area contributed by atoms with Crippen LogP contribution in [0, 0.1) is 0 Å². The summed E-state index contributed by atoms with van der Waals surface area (Å²) in [7, 11) is 3.37. The summed E-state index contributed by atoms with van der Waals surface area (Å²) >= 11 is 0. The van der Waals surface area contributed by atoms with Crippen LogP contribution in [-0.4, -0.2) is 45.3 Å². The molecule has 0 amide bonds. The van der Waals surface area contributed by atoms with Gasteiger partial charge in [0, 0.05) is 18.7 Å². The number of hydrogen-bond acceptors (Lipinski definition) is 5. The van der Waals surface area contributed by atoms with Gasteiger partial charge in [-0.3, -0.25) is 4.90 Å². The monoisotopic (exact) mass is 530 g/mol. The summed E-state index contributed by atoms with van der Waals surface area (Å²) in [6.45, 7) is 16.9. The Balaban J connectivity index is 0.00000205. The van der Waals surface area contributed by atoms with Crippen LogP contribution in [-0.2, 0) is 17.8 Å². The van der Waals surface area contributed by atoms with E-state index in [2.05, 4.69) is 65.9 Å². The number of fused-ring (bicyclic) bond motifs is 1. The van der Waals surface area contributed by atoms with Gasteiger partial charge in [-0.1, -0.05) is 75.9 Å². The molecule has 2 aromatic rings. The molecule has 2 aliphatic heterocycles. The summed E-state index contributed by atoms with van der Waals surface area (Å²) in [4.78, 5) is 2.47. The molecule has 2 aromatic carbocycles. The minimum absolute atomic E-state index is 0.0714. The smallest absolute Gasteiger partial charge is 0.161 e. The van der Waals surface area contributed by atoms with E-state index in [-0.39, 0.29) is 6.04 Å². The highest BCUT2D eigenvalue weighted by Gasteiger charge is 2.21. The molecule has 5 nitrogen and oxygen atoms in total. The lowest BCUT2D eigenvalue weighted by molar-refractivity contribution is 0.235. The molecule has 0 aliphatic carbocycles. The summed E-state index contributed by atoms with van der Waals surface area (Å²) in [6.07, 6.45) is 11.1. The maximum absolute atomic E-state index is 6.14. The number of nitrogens with one attached hydrogen (secondary N) is 1. The second kappa shape index (κ2) is 16.0. The lowest BCUT2D eigenvalue weighted by atomic mass is 9.93. The molecule has 2 heterocycles. The quantitative estimate of drug-likeness (QED) is 0.246. The van der Waals surface area contributed by atoms with Crippen LogP contribution in [0.3, 0.4) is 0 Å². The van der Waals surface area contributed by atoms with Crippen LogP contribution in [0.25, 0.3) is 0 Å². The average molecular weight is 531 g/mol. The van der Waals surface area contributed by atoms with E-state index in [1.165, 1.54) is 30.4 Å². The molecule has 4 rings (SSSR count). The Bertz CT molecular complexity index is 1130. The molecule has 1 atom stereocenters. The second-order valence-corrected chi connectivity index (χ2v) is 9.73. The summed E-state index contributed by atoms with van der Waals surface area (Å²) in [6, 6.07) is 14.5. The zero-order valence-corrected chi connectivity index (χ0v) is 24.3. The molecule has 1 fully saturated rings. The minimum Gasteiger partial charge on any atom is -0.497 e. The molecule has 5 heteroatoms. The fourth-order valence-corrected chi connectivity index (χ4v) is 4.97. The predicted octanol–water partition coefficient (Wildman–Crippen LogP) is 7.17. The summed E-state index contributed by atoms with van der Waals surface area (Å²) in [5, 5.41) is 3.62. The molecule has 39 heavy (non-hydrogen) atoms. The van der Waals surface area contributed by atoms with E-state index in [9.17, 15) is 0 Å². The van der Waals surface area contributed by atoms with Crippen LogP contribution in [0.15, 0.2) is 90.8 Å². The highest BCUT2D eigenvalue weighted by atomic mass is 16.5. The number of ether oxygens (including phenoxy) is 3. The Kier molecular flexibility index (Phi) is 12.4. The highest BCUT2D eigenvalue weighted by Crippen LogP contribution is 2.36. The molecule has 0 spiro atoms. The standard InChI is InChI=1S/C32H40N2O3.C2H6/c1-24(19-28(25(2)35-3)22-34-17-9-6-10-18-34)13-14-30-29-21-31(36-4)32(20-27(29)15-16-33-30)37-23-26-11-7-5-8-12-26;1-2/h5,7-8,11-14,19-21,30,33H,1-2,6,9-10,15-18,22-23H2,3-4H3;1-2H3/b14-13+,28-19-;. The minimum atomic E-state index is 0.0714. The molecule has 2 aliphatic rings. The van der Waals surface area contributed by atoms with Crippen LogP contribution in [0.5, 0.6) is 11.5 Å². The Morgan fingerprint density at radius 2 is 1.77 bits per heavy atom. The van der Waals surface area contributed by atoms with Gasteiger partial charge in [0.2, 0.25) is 0 Å². The van der Waals surface area contributed by atoms with E-state index >= 15 is 0 Å². The fraction of sp³-hybridized carbons (Fsp3) is 0.412. The number of benzene rings is 2. The first-order chi connectivity index (χ1) is 19.1. The topological polar surface area (TPSA) is 43.0 Å². The molecular weight excluding hydrogens is 484 g/mol. The van der Waals surface area contributed by atoms with Crippen molar-refractivity contribution in [2.24, 2.45) is 0 Å². The zero-order chi connectivity index (χ0) is 28.0. The number of nitrogens with zero attached hydrogens (tertiary/aromatic N) is 1. The van der Waals surface area contributed by atoms with Gasteiger partial charge in [-0.05, 0) is 72.8 Å². The number of allylic oxidation sites excluding steroid dienone is 3. The SMILES string of the molecule is C=C(/C=C(/CN1CCCCC1)C(=C)OC)/C=C/C1NCCc2cc(OCc3ccccc3)c(OC)cc21.CC. The number of rotatable bonds is 11. The summed E-state index contributed by atoms with van der Waals surface area (Å²) in [5.41, 5.74) is 5.62. The third-order valence-corrected chi connectivity index (χ3v) is 7.07. The summed E-state index contributed by atoms with van der Waals surface area (Å²) < 4.78 is 17.3. The normalized spacial score (nSPS) is 17.5. The van der Waals surface area contributed by atoms with E-state index in [1.807, 2.05) is 32.0 Å². The van der Waals surface area contributed by atoms with Gasteiger partial charge < -0.3 is 19.5 Å². The van der Waals surface area contributed by atoms with E-state index in [0.29, 0.717) is 12.4 Å². The first kappa shape index (κ1) is 30.3. The Hall–Kier alpha value is -3.28. The molecule has 0 radical (unpaired) electrons. The van der Waals surface area contributed by atoms with Crippen LogP contribution in [0.4, 0.5) is 0 Å². The average Bonchev–Trinajstić information content (AvgIpc) is 2.99. The van der Waals surface area contributed by atoms with Gasteiger partial charge in [0.15, 0.2) is 11.5 Å². The molecule has 1 saturated heterocycles. The van der Waals surface area contributed by atoms with Crippen molar-refractivity contribution in [3.05, 3.63) is 107 Å². The first-order valence-electron chi connectivity index (χ1n) is 14.2. The van der Waals surface area contributed by atoms with Crippen molar-refractivity contribution in [3.63, 3.8) is 0 Å². The van der Waals surface area contributed by atoms with Gasteiger partial charge >= 0.3 is 0 Å². The maximum Gasteiger partial charge on any atom is 0.161 e. The van der Waals surface area contributed by atoms with E-state index in [4.69, 9.17) is 14.2 Å². The second-order valence-electron chi connectivity index (χ2n) is 9.73. The van der Waals surface area contributed by atoms with Crippen LogP contribution in [0.1, 0.15) is 55.8 Å². The molecule has 210 valence electrons. The molecular formula is C34H46N2O3. The highest BCUT2D eigenvalue weighted by molar-refractivity contribution is 5.51. The van der Waals surface area contributed by atoms with Gasteiger partial charge in [-0.2, -0.15) is 0 Å². The van der Waals surface area contributed by atoms with Crippen molar-refractivity contribution >= 4 is 0 Å². The van der Waals surface area contributed by atoms with Gasteiger partial charge in [-0.25, -0.2) is 0 Å². The first-order valence-corrected chi connectivity index (χ1v) is 14.2. The largest absolute Gasteiger partial charge is 0.497 e.